The third-order valence-corrected chi connectivity index (χ3v) is 5.06. The standard InChI is InChI=1S/C18H18O5S/c1-2-23-18(20)12-11-14-7-6-10-16(14)17(19)13-24(21,22)15-8-4-3-5-9-15/h3-12,14H,2,13H2,1H3/b12-11+. The van der Waals surface area contributed by atoms with Crippen LogP contribution in [0.4, 0.5) is 0 Å². The molecule has 0 fully saturated rings. The number of benzene rings is 1. The summed E-state index contributed by atoms with van der Waals surface area (Å²) in [5.74, 6) is -2.01. The highest BCUT2D eigenvalue weighted by Crippen LogP contribution is 2.23. The van der Waals surface area contributed by atoms with Crippen LogP contribution in [0.5, 0.6) is 0 Å². The molecular weight excluding hydrogens is 328 g/mol. The Balaban J connectivity index is 2.08. The molecule has 1 aromatic rings. The number of esters is 1. The molecule has 1 unspecified atom stereocenters. The maximum Gasteiger partial charge on any atom is 0.330 e. The molecule has 0 heterocycles. The lowest BCUT2D eigenvalue weighted by atomic mass is 9.99. The molecule has 24 heavy (non-hydrogen) atoms. The summed E-state index contributed by atoms with van der Waals surface area (Å²) in [5.41, 5.74) is 0.343. The van der Waals surface area contributed by atoms with Gasteiger partial charge in [-0.05, 0) is 19.1 Å². The van der Waals surface area contributed by atoms with Crippen LogP contribution in [-0.4, -0.2) is 32.5 Å². The van der Waals surface area contributed by atoms with Crippen molar-refractivity contribution in [2.45, 2.75) is 11.8 Å². The van der Waals surface area contributed by atoms with Gasteiger partial charge in [0.2, 0.25) is 0 Å². The van der Waals surface area contributed by atoms with Crippen molar-refractivity contribution in [2.24, 2.45) is 5.92 Å². The summed E-state index contributed by atoms with van der Waals surface area (Å²) in [4.78, 5) is 23.8. The Morgan fingerprint density at radius 2 is 1.92 bits per heavy atom. The predicted molar refractivity (Wildman–Crippen MR) is 90.0 cm³/mol. The van der Waals surface area contributed by atoms with Crippen molar-refractivity contribution in [3.8, 4) is 0 Å². The zero-order chi connectivity index (χ0) is 17.6. The van der Waals surface area contributed by atoms with Crippen LogP contribution in [0.1, 0.15) is 6.92 Å². The number of sulfone groups is 1. The molecule has 0 bridgehead atoms. The zero-order valence-electron chi connectivity index (χ0n) is 13.2. The van der Waals surface area contributed by atoms with Crippen LogP contribution in [0.2, 0.25) is 0 Å². The van der Waals surface area contributed by atoms with E-state index in [4.69, 9.17) is 4.74 Å². The number of allylic oxidation sites excluding steroid dienone is 5. The lowest BCUT2D eigenvalue weighted by Crippen LogP contribution is -2.20. The van der Waals surface area contributed by atoms with Gasteiger partial charge in [0.05, 0.1) is 11.5 Å². The Hall–Kier alpha value is -2.47. The Morgan fingerprint density at radius 3 is 2.58 bits per heavy atom. The fraction of sp³-hybridized carbons (Fsp3) is 0.222. The summed E-state index contributed by atoms with van der Waals surface area (Å²) in [5, 5.41) is 0. The Labute approximate surface area is 141 Å². The van der Waals surface area contributed by atoms with Gasteiger partial charge in [-0.25, -0.2) is 13.2 Å². The summed E-state index contributed by atoms with van der Waals surface area (Å²) >= 11 is 0. The van der Waals surface area contributed by atoms with Crippen LogP contribution in [0.25, 0.3) is 0 Å². The number of hydrogen-bond acceptors (Lipinski definition) is 5. The molecule has 126 valence electrons. The lowest BCUT2D eigenvalue weighted by molar-refractivity contribution is -0.137. The smallest absolute Gasteiger partial charge is 0.330 e. The number of hydrogen-bond donors (Lipinski definition) is 0. The van der Waals surface area contributed by atoms with Gasteiger partial charge < -0.3 is 4.74 Å². The van der Waals surface area contributed by atoms with Crippen molar-refractivity contribution in [1.82, 2.24) is 0 Å². The summed E-state index contributed by atoms with van der Waals surface area (Å²) in [6, 6.07) is 7.85. The normalized spacial score (nSPS) is 17.0. The molecule has 0 saturated heterocycles. The van der Waals surface area contributed by atoms with Crippen LogP contribution in [0.15, 0.2) is 71.2 Å². The van der Waals surface area contributed by atoms with E-state index in [0.29, 0.717) is 5.57 Å². The number of ether oxygens (including phenoxy) is 1. The van der Waals surface area contributed by atoms with Crippen LogP contribution < -0.4 is 0 Å². The second-order valence-corrected chi connectivity index (χ2v) is 7.13. The monoisotopic (exact) mass is 346 g/mol. The van der Waals surface area contributed by atoms with Crippen molar-refractivity contribution in [1.29, 1.82) is 0 Å². The number of carbonyl (C=O) groups is 2. The fourth-order valence-electron chi connectivity index (χ4n) is 2.28. The van der Waals surface area contributed by atoms with Gasteiger partial charge in [-0.15, -0.1) is 0 Å². The van der Waals surface area contributed by atoms with Gasteiger partial charge in [-0.2, -0.15) is 0 Å². The van der Waals surface area contributed by atoms with E-state index in [1.165, 1.54) is 24.3 Å². The van der Waals surface area contributed by atoms with Gasteiger partial charge in [0, 0.05) is 17.6 Å². The largest absolute Gasteiger partial charge is 0.463 e. The Morgan fingerprint density at radius 1 is 1.21 bits per heavy atom. The number of carbonyl (C=O) groups excluding carboxylic acids is 2. The minimum atomic E-state index is -3.69. The summed E-state index contributed by atoms with van der Waals surface area (Å²) < 4.78 is 29.4. The molecule has 1 aliphatic carbocycles. The van der Waals surface area contributed by atoms with Crippen LogP contribution in [0, 0.1) is 5.92 Å². The van der Waals surface area contributed by atoms with E-state index in [0.717, 1.165) is 0 Å². The van der Waals surface area contributed by atoms with E-state index in [9.17, 15) is 18.0 Å². The second-order valence-electron chi connectivity index (χ2n) is 5.14. The van der Waals surface area contributed by atoms with Gasteiger partial charge in [-0.3, -0.25) is 4.79 Å². The maximum absolute atomic E-state index is 12.4. The van der Waals surface area contributed by atoms with Crippen molar-refractivity contribution in [3.05, 3.63) is 66.3 Å². The molecule has 1 aromatic carbocycles. The van der Waals surface area contributed by atoms with E-state index in [1.54, 1.807) is 43.4 Å². The van der Waals surface area contributed by atoms with Crippen LogP contribution in [0.3, 0.4) is 0 Å². The number of ketones is 1. The molecule has 0 spiro atoms. The third kappa shape index (κ3) is 4.52. The van der Waals surface area contributed by atoms with E-state index in [1.807, 2.05) is 0 Å². The highest BCUT2D eigenvalue weighted by atomic mass is 32.2. The quantitative estimate of drug-likeness (QED) is 0.559. The highest BCUT2D eigenvalue weighted by Gasteiger charge is 2.25. The maximum atomic E-state index is 12.4. The predicted octanol–water partition coefficient (Wildman–Crippen LogP) is 2.26. The van der Waals surface area contributed by atoms with Gasteiger partial charge >= 0.3 is 5.97 Å². The van der Waals surface area contributed by atoms with Crippen molar-refractivity contribution < 1.29 is 22.7 Å². The molecule has 2 rings (SSSR count). The molecule has 0 radical (unpaired) electrons. The highest BCUT2D eigenvalue weighted by molar-refractivity contribution is 7.92. The average Bonchev–Trinajstić information content (AvgIpc) is 3.02. The van der Waals surface area contributed by atoms with Crippen molar-refractivity contribution in [2.75, 3.05) is 12.4 Å². The van der Waals surface area contributed by atoms with E-state index >= 15 is 0 Å². The zero-order valence-corrected chi connectivity index (χ0v) is 14.0. The molecule has 5 nitrogen and oxygen atoms in total. The SMILES string of the molecule is CCOC(=O)/C=C/C1C=CC=C1C(=O)CS(=O)(=O)c1ccccc1. The fourth-order valence-corrected chi connectivity index (χ4v) is 3.53. The van der Waals surface area contributed by atoms with Gasteiger partial charge in [0.25, 0.3) is 0 Å². The first-order valence-corrected chi connectivity index (χ1v) is 9.13. The van der Waals surface area contributed by atoms with Crippen molar-refractivity contribution in [3.63, 3.8) is 0 Å². The van der Waals surface area contributed by atoms with E-state index < -0.39 is 33.3 Å². The molecule has 6 heteroatoms. The lowest BCUT2D eigenvalue weighted by Gasteiger charge is -2.09. The topological polar surface area (TPSA) is 77.5 Å². The first-order valence-electron chi connectivity index (χ1n) is 7.48. The molecule has 0 aliphatic heterocycles. The molecule has 0 amide bonds. The summed E-state index contributed by atoms with van der Waals surface area (Å²) in [7, 11) is -3.69. The van der Waals surface area contributed by atoms with E-state index in [-0.39, 0.29) is 11.5 Å². The van der Waals surface area contributed by atoms with Crippen molar-refractivity contribution >= 4 is 21.6 Å². The van der Waals surface area contributed by atoms with Gasteiger partial charge in [0.1, 0.15) is 5.75 Å². The summed E-state index contributed by atoms with van der Waals surface area (Å²) in [6.07, 6.45) is 7.74. The molecule has 1 aliphatic rings. The third-order valence-electron chi connectivity index (χ3n) is 3.42. The van der Waals surface area contributed by atoms with Gasteiger partial charge in [0.15, 0.2) is 15.6 Å². The summed E-state index contributed by atoms with van der Waals surface area (Å²) in [6.45, 7) is 1.96. The van der Waals surface area contributed by atoms with Gasteiger partial charge in [-0.1, -0.05) is 42.5 Å². The Kier molecular flexibility index (Phi) is 5.87. The first kappa shape index (κ1) is 17.9. The van der Waals surface area contributed by atoms with E-state index in [2.05, 4.69) is 0 Å². The molecule has 0 saturated carbocycles. The number of rotatable bonds is 7. The molecular formula is C18H18O5S. The van der Waals surface area contributed by atoms with Crippen LogP contribution in [-0.2, 0) is 24.2 Å². The minimum Gasteiger partial charge on any atom is -0.463 e. The van der Waals surface area contributed by atoms with Crippen LogP contribution >= 0.6 is 0 Å². The average molecular weight is 346 g/mol. The second kappa shape index (κ2) is 7.88. The molecule has 1 atom stereocenters. The molecule has 0 aromatic heterocycles. The number of Topliss-reactive ketones (excluding diaryl/α,β-unsaturated/α-hetero) is 1. The minimum absolute atomic E-state index is 0.114. The Bertz CT molecular complexity index is 801. The first-order chi connectivity index (χ1) is 11.4. The molecule has 0 N–H and O–H groups in total.